The van der Waals surface area contributed by atoms with Gasteiger partial charge >= 0.3 is 0 Å². The number of aliphatic hydroxyl groups is 2. The number of rotatable bonds is 12. The standard InChI is InChI=1S/C28H40N2O4/c1-20(30-18-27(33)24-10-11-26(32)25(17-24)19-31)14-22-8-5-9-23(15-22)16-28(34)29-13-12-21-6-3-2-4-7-21/h5,8-11,15,17,20-21,27,30-33H,2-4,6-7,12-14,16,18-19H2,1H3,(H,29,34)/t20-,27-/m1/s1. The van der Waals surface area contributed by atoms with Gasteiger partial charge in [0.25, 0.3) is 0 Å². The number of amides is 1. The Kier molecular flexibility index (Phi) is 10.4. The lowest BCUT2D eigenvalue weighted by atomic mass is 9.87. The van der Waals surface area contributed by atoms with Crippen molar-refractivity contribution < 1.29 is 20.1 Å². The minimum absolute atomic E-state index is 0.0255. The zero-order chi connectivity index (χ0) is 24.3. The van der Waals surface area contributed by atoms with Crippen molar-refractivity contribution in [2.75, 3.05) is 13.1 Å². The van der Waals surface area contributed by atoms with E-state index in [-0.39, 0.29) is 24.3 Å². The van der Waals surface area contributed by atoms with Gasteiger partial charge in [-0.25, -0.2) is 0 Å². The van der Waals surface area contributed by atoms with Crippen molar-refractivity contribution in [1.82, 2.24) is 10.6 Å². The van der Waals surface area contributed by atoms with Gasteiger partial charge < -0.3 is 26.0 Å². The fraction of sp³-hybridized carbons (Fsp3) is 0.536. The van der Waals surface area contributed by atoms with Crippen molar-refractivity contribution in [2.24, 2.45) is 5.92 Å². The number of benzene rings is 2. The van der Waals surface area contributed by atoms with E-state index >= 15 is 0 Å². The van der Waals surface area contributed by atoms with Gasteiger partial charge in [0.2, 0.25) is 5.91 Å². The molecule has 1 aliphatic carbocycles. The van der Waals surface area contributed by atoms with Gasteiger partial charge in [-0.2, -0.15) is 0 Å². The summed E-state index contributed by atoms with van der Waals surface area (Å²) in [5.74, 6) is 0.881. The van der Waals surface area contributed by atoms with Gasteiger partial charge in [0, 0.05) is 24.7 Å². The van der Waals surface area contributed by atoms with Gasteiger partial charge in [-0.3, -0.25) is 4.79 Å². The van der Waals surface area contributed by atoms with Crippen LogP contribution in [-0.2, 0) is 24.2 Å². The fourth-order valence-corrected chi connectivity index (χ4v) is 4.80. The van der Waals surface area contributed by atoms with Crippen LogP contribution >= 0.6 is 0 Å². The number of aliphatic hydroxyl groups excluding tert-OH is 2. The van der Waals surface area contributed by atoms with Crippen LogP contribution in [0, 0.1) is 5.92 Å². The number of aromatic hydroxyl groups is 1. The monoisotopic (exact) mass is 468 g/mol. The van der Waals surface area contributed by atoms with Crippen molar-refractivity contribution >= 4 is 5.91 Å². The highest BCUT2D eigenvalue weighted by Crippen LogP contribution is 2.26. The van der Waals surface area contributed by atoms with E-state index in [4.69, 9.17) is 0 Å². The molecule has 1 aliphatic rings. The molecule has 0 spiro atoms. The van der Waals surface area contributed by atoms with Gasteiger partial charge in [-0.15, -0.1) is 0 Å². The Balaban J connectivity index is 1.41. The van der Waals surface area contributed by atoms with Crippen LogP contribution in [0.25, 0.3) is 0 Å². The lowest BCUT2D eigenvalue weighted by molar-refractivity contribution is -0.120. The summed E-state index contributed by atoms with van der Waals surface area (Å²) in [5.41, 5.74) is 3.22. The van der Waals surface area contributed by atoms with Crippen LogP contribution in [-0.4, -0.2) is 40.4 Å². The third kappa shape index (κ3) is 8.42. The average molecular weight is 469 g/mol. The molecule has 1 fully saturated rings. The second-order valence-corrected chi connectivity index (χ2v) is 9.71. The summed E-state index contributed by atoms with van der Waals surface area (Å²) >= 11 is 0. The fourth-order valence-electron chi connectivity index (χ4n) is 4.80. The highest BCUT2D eigenvalue weighted by atomic mass is 16.3. The van der Waals surface area contributed by atoms with Crippen molar-refractivity contribution in [2.45, 2.75) is 77.0 Å². The molecule has 3 rings (SSSR count). The molecular weight excluding hydrogens is 428 g/mol. The van der Waals surface area contributed by atoms with Gasteiger partial charge in [0.05, 0.1) is 19.1 Å². The molecule has 0 aromatic heterocycles. The normalized spacial score (nSPS) is 16.2. The van der Waals surface area contributed by atoms with Crippen LogP contribution in [0.1, 0.15) is 73.8 Å². The summed E-state index contributed by atoms with van der Waals surface area (Å²) in [5, 5.41) is 35.9. The Morgan fingerprint density at radius 3 is 2.62 bits per heavy atom. The Hall–Kier alpha value is -2.41. The molecule has 6 nitrogen and oxygen atoms in total. The molecule has 2 aromatic rings. The second-order valence-electron chi connectivity index (χ2n) is 9.71. The van der Waals surface area contributed by atoms with Crippen LogP contribution < -0.4 is 10.6 Å². The summed E-state index contributed by atoms with van der Waals surface area (Å²) < 4.78 is 0. The van der Waals surface area contributed by atoms with Crippen LogP contribution in [0.15, 0.2) is 42.5 Å². The molecule has 6 heteroatoms. The maximum atomic E-state index is 12.4. The van der Waals surface area contributed by atoms with E-state index in [1.807, 2.05) is 12.1 Å². The molecule has 0 saturated heterocycles. The van der Waals surface area contributed by atoms with E-state index in [9.17, 15) is 20.1 Å². The molecule has 2 atom stereocenters. The van der Waals surface area contributed by atoms with Gasteiger partial charge in [0.1, 0.15) is 5.75 Å². The van der Waals surface area contributed by atoms with E-state index < -0.39 is 6.10 Å². The minimum Gasteiger partial charge on any atom is -0.508 e. The Morgan fingerprint density at radius 2 is 1.85 bits per heavy atom. The van der Waals surface area contributed by atoms with Crippen molar-refractivity contribution in [3.8, 4) is 5.75 Å². The molecule has 5 N–H and O–H groups in total. The van der Waals surface area contributed by atoms with E-state index in [0.717, 1.165) is 36.4 Å². The highest BCUT2D eigenvalue weighted by molar-refractivity contribution is 5.78. The Bertz CT molecular complexity index is 911. The lowest BCUT2D eigenvalue weighted by Gasteiger charge is -2.21. The molecule has 0 radical (unpaired) electrons. The zero-order valence-electron chi connectivity index (χ0n) is 20.3. The summed E-state index contributed by atoms with van der Waals surface area (Å²) in [6.07, 6.45) is 8.16. The first kappa shape index (κ1) is 26.2. The summed E-state index contributed by atoms with van der Waals surface area (Å²) in [6, 6.07) is 13.0. The Morgan fingerprint density at radius 1 is 1.09 bits per heavy atom. The topological polar surface area (TPSA) is 102 Å². The van der Waals surface area contributed by atoms with Gasteiger partial charge in [-0.05, 0) is 54.5 Å². The quantitative estimate of drug-likeness (QED) is 0.326. The first-order valence-electron chi connectivity index (χ1n) is 12.6. The summed E-state index contributed by atoms with van der Waals surface area (Å²) in [6.45, 7) is 2.92. The zero-order valence-corrected chi connectivity index (χ0v) is 20.3. The van der Waals surface area contributed by atoms with E-state index in [1.54, 1.807) is 12.1 Å². The molecule has 2 aromatic carbocycles. The number of nitrogens with one attached hydrogen (secondary N) is 2. The predicted molar refractivity (Wildman–Crippen MR) is 135 cm³/mol. The molecule has 0 bridgehead atoms. The maximum absolute atomic E-state index is 12.4. The third-order valence-corrected chi connectivity index (χ3v) is 6.82. The van der Waals surface area contributed by atoms with Crippen LogP contribution in [0.4, 0.5) is 0 Å². The SMILES string of the molecule is C[C@H](Cc1cccc(CC(=O)NCCC2CCCCC2)c1)NC[C@@H](O)c1ccc(O)c(CO)c1. The smallest absolute Gasteiger partial charge is 0.224 e. The molecule has 1 saturated carbocycles. The number of carbonyl (C=O) groups is 1. The lowest BCUT2D eigenvalue weighted by Crippen LogP contribution is -2.32. The minimum atomic E-state index is -0.739. The number of hydrogen-bond acceptors (Lipinski definition) is 5. The highest BCUT2D eigenvalue weighted by Gasteiger charge is 2.14. The molecule has 34 heavy (non-hydrogen) atoms. The number of hydrogen-bond donors (Lipinski definition) is 5. The molecule has 0 aliphatic heterocycles. The number of carbonyl (C=O) groups excluding carboxylic acids is 1. The second kappa shape index (κ2) is 13.5. The van der Waals surface area contributed by atoms with Crippen LogP contribution in [0.2, 0.25) is 0 Å². The molecular formula is C28H40N2O4. The molecule has 0 heterocycles. The first-order valence-corrected chi connectivity index (χ1v) is 12.6. The van der Waals surface area contributed by atoms with Gasteiger partial charge in [-0.1, -0.05) is 62.4 Å². The predicted octanol–water partition coefficient (Wildman–Crippen LogP) is 3.77. The van der Waals surface area contributed by atoms with Crippen LogP contribution in [0.3, 0.4) is 0 Å². The van der Waals surface area contributed by atoms with Gasteiger partial charge in [0.15, 0.2) is 0 Å². The van der Waals surface area contributed by atoms with Crippen molar-refractivity contribution in [1.29, 1.82) is 0 Å². The molecule has 186 valence electrons. The van der Waals surface area contributed by atoms with E-state index in [2.05, 4.69) is 29.7 Å². The summed E-state index contributed by atoms with van der Waals surface area (Å²) in [7, 11) is 0. The largest absolute Gasteiger partial charge is 0.508 e. The van der Waals surface area contributed by atoms with Crippen molar-refractivity contribution in [3.05, 3.63) is 64.7 Å². The average Bonchev–Trinajstić information content (AvgIpc) is 2.83. The third-order valence-electron chi connectivity index (χ3n) is 6.82. The van der Waals surface area contributed by atoms with E-state index in [0.29, 0.717) is 24.1 Å². The molecule has 1 amide bonds. The summed E-state index contributed by atoms with van der Waals surface area (Å²) in [4.78, 5) is 12.4. The van der Waals surface area contributed by atoms with Crippen LogP contribution in [0.5, 0.6) is 5.75 Å². The van der Waals surface area contributed by atoms with E-state index in [1.165, 1.54) is 38.2 Å². The maximum Gasteiger partial charge on any atom is 0.224 e. The van der Waals surface area contributed by atoms with Crippen molar-refractivity contribution in [3.63, 3.8) is 0 Å². The molecule has 0 unspecified atom stereocenters. The Labute approximate surface area is 203 Å². The first-order chi connectivity index (χ1) is 16.4. The number of phenols is 1.